The van der Waals surface area contributed by atoms with Gasteiger partial charge in [-0.1, -0.05) is 18.2 Å². The van der Waals surface area contributed by atoms with Crippen molar-refractivity contribution < 1.29 is 13.9 Å². The summed E-state index contributed by atoms with van der Waals surface area (Å²) in [6.07, 6.45) is 0.401. The molecule has 0 aliphatic carbocycles. The van der Waals surface area contributed by atoms with Crippen LogP contribution in [0.15, 0.2) is 34.7 Å². The normalized spacial score (nSPS) is 15.5. The molecule has 1 saturated heterocycles. The maximum absolute atomic E-state index is 12.2. The van der Waals surface area contributed by atoms with Crippen LogP contribution in [0, 0.1) is 6.92 Å². The van der Waals surface area contributed by atoms with Gasteiger partial charge >= 0.3 is 0 Å². The Bertz CT molecular complexity index is 651. The van der Waals surface area contributed by atoms with E-state index in [0.717, 1.165) is 31.9 Å². The predicted octanol–water partition coefficient (Wildman–Crippen LogP) is 1.49. The van der Waals surface area contributed by atoms with Gasteiger partial charge in [-0.25, -0.2) is 0 Å². The second kappa shape index (κ2) is 7.92. The number of amides is 1. The van der Waals surface area contributed by atoms with Gasteiger partial charge < -0.3 is 14.1 Å². The van der Waals surface area contributed by atoms with Crippen LogP contribution in [0.25, 0.3) is 0 Å². The summed E-state index contributed by atoms with van der Waals surface area (Å²) in [5.41, 5.74) is 0. The summed E-state index contributed by atoms with van der Waals surface area (Å²) in [5.74, 6) is 2.14. The van der Waals surface area contributed by atoms with Crippen molar-refractivity contribution >= 4 is 5.91 Å². The zero-order valence-electron chi connectivity index (χ0n) is 13.9. The number of nitrogens with zero attached hydrogens (tertiary/aromatic N) is 4. The highest BCUT2D eigenvalue weighted by Gasteiger charge is 2.22. The summed E-state index contributed by atoms with van der Waals surface area (Å²) in [4.78, 5) is 16.4. The fourth-order valence-electron chi connectivity index (χ4n) is 2.68. The van der Waals surface area contributed by atoms with Gasteiger partial charge in [0.25, 0.3) is 0 Å². The first-order chi connectivity index (χ1) is 11.7. The second-order valence-corrected chi connectivity index (χ2v) is 5.78. The molecule has 2 aromatic rings. The Morgan fingerprint density at radius 2 is 1.92 bits per heavy atom. The number of para-hydroxylation sites is 1. The fraction of sp³-hybridized carbons (Fsp3) is 0.471. The Morgan fingerprint density at radius 3 is 2.58 bits per heavy atom. The predicted molar refractivity (Wildman–Crippen MR) is 87.4 cm³/mol. The number of carbonyl (C=O) groups excluding carboxylic acids is 1. The lowest BCUT2D eigenvalue weighted by atomic mass is 10.2. The van der Waals surface area contributed by atoms with Crippen molar-refractivity contribution in [3.05, 3.63) is 42.1 Å². The number of hydrogen-bond donors (Lipinski definition) is 0. The molecule has 0 saturated carbocycles. The molecule has 128 valence electrons. The Morgan fingerprint density at radius 1 is 1.17 bits per heavy atom. The minimum Gasteiger partial charge on any atom is -0.493 e. The SMILES string of the molecule is Cc1nnc(CN2CCN(C(=O)CCOc3ccccc3)CC2)o1. The number of aromatic nitrogens is 2. The van der Waals surface area contributed by atoms with Crippen LogP contribution in [-0.2, 0) is 11.3 Å². The minimum absolute atomic E-state index is 0.138. The van der Waals surface area contributed by atoms with Gasteiger partial charge in [0.05, 0.1) is 19.6 Å². The molecule has 7 heteroatoms. The fourth-order valence-corrected chi connectivity index (χ4v) is 2.68. The smallest absolute Gasteiger partial charge is 0.230 e. The molecule has 1 aromatic carbocycles. The summed E-state index contributed by atoms with van der Waals surface area (Å²) >= 11 is 0. The van der Waals surface area contributed by atoms with Crippen LogP contribution in [0.2, 0.25) is 0 Å². The maximum Gasteiger partial charge on any atom is 0.230 e. The zero-order valence-corrected chi connectivity index (χ0v) is 13.9. The highest BCUT2D eigenvalue weighted by atomic mass is 16.5. The van der Waals surface area contributed by atoms with Gasteiger partial charge in [-0.2, -0.15) is 0 Å². The Labute approximate surface area is 141 Å². The first kappa shape index (κ1) is 16.4. The van der Waals surface area contributed by atoms with Crippen molar-refractivity contribution in [1.29, 1.82) is 0 Å². The second-order valence-electron chi connectivity index (χ2n) is 5.78. The van der Waals surface area contributed by atoms with Crippen molar-refractivity contribution in [2.24, 2.45) is 0 Å². The molecule has 7 nitrogen and oxygen atoms in total. The van der Waals surface area contributed by atoms with E-state index >= 15 is 0 Å². The third kappa shape index (κ3) is 4.55. The molecule has 2 heterocycles. The van der Waals surface area contributed by atoms with Gasteiger partial charge in [-0.3, -0.25) is 9.69 Å². The topological polar surface area (TPSA) is 71.7 Å². The first-order valence-electron chi connectivity index (χ1n) is 8.17. The van der Waals surface area contributed by atoms with E-state index in [9.17, 15) is 4.79 Å². The molecule has 1 aliphatic rings. The number of aryl methyl sites for hydroxylation is 1. The molecule has 0 bridgehead atoms. The van der Waals surface area contributed by atoms with Crippen molar-refractivity contribution in [3.8, 4) is 5.75 Å². The van der Waals surface area contributed by atoms with E-state index in [4.69, 9.17) is 9.15 Å². The molecule has 24 heavy (non-hydrogen) atoms. The molecule has 0 atom stereocenters. The van der Waals surface area contributed by atoms with Gasteiger partial charge in [0.1, 0.15) is 5.75 Å². The molecule has 0 unspecified atom stereocenters. The van der Waals surface area contributed by atoms with Gasteiger partial charge in [0.15, 0.2) is 0 Å². The van der Waals surface area contributed by atoms with Gasteiger partial charge in [-0.15, -0.1) is 10.2 Å². The standard InChI is InChI=1S/C17H22N4O3/c1-14-18-19-16(24-14)13-20-8-10-21(11-9-20)17(22)7-12-23-15-5-3-2-4-6-15/h2-6H,7-13H2,1H3. The van der Waals surface area contributed by atoms with Crippen LogP contribution in [-0.4, -0.2) is 58.7 Å². The summed E-state index contributed by atoms with van der Waals surface area (Å²) in [6.45, 7) is 5.89. The van der Waals surface area contributed by atoms with Crippen molar-refractivity contribution in [3.63, 3.8) is 0 Å². The number of rotatable bonds is 6. The van der Waals surface area contributed by atoms with E-state index in [2.05, 4.69) is 15.1 Å². The average molecular weight is 330 g/mol. The number of benzene rings is 1. The molecular formula is C17H22N4O3. The van der Waals surface area contributed by atoms with E-state index in [1.165, 1.54) is 0 Å². The molecule has 3 rings (SSSR count). The van der Waals surface area contributed by atoms with Crippen LogP contribution in [0.1, 0.15) is 18.2 Å². The highest BCUT2D eigenvalue weighted by Crippen LogP contribution is 2.11. The monoisotopic (exact) mass is 330 g/mol. The maximum atomic E-state index is 12.2. The Kier molecular flexibility index (Phi) is 5.43. The third-order valence-electron chi connectivity index (χ3n) is 3.98. The molecule has 1 fully saturated rings. The molecule has 1 amide bonds. The molecule has 0 N–H and O–H groups in total. The minimum atomic E-state index is 0.138. The number of carbonyl (C=O) groups is 1. The van der Waals surface area contributed by atoms with E-state index < -0.39 is 0 Å². The van der Waals surface area contributed by atoms with E-state index in [1.807, 2.05) is 35.2 Å². The number of piperazine rings is 1. The number of hydrogen-bond acceptors (Lipinski definition) is 6. The van der Waals surface area contributed by atoms with Gasteiger partial charge in [0.2, 0.25) is 17.7 Å². The lowest BCUT2D eigenvalue weighted by Gasteiger charge is -2.34. The lowest BCUT2D eigenvalue weighted by molar-refractivity contribution is -0.133. The van der Waals surface area contributed by atoms with Crippen LogP contribution in [0.5, 0.6) is 5.75 Å². The Hall–Kier alpha value is -2.41. The molecule has 0 radical (unpaired) electrons. The van der Waals surface area contributed by atoms with E-state index in [-0.39, 0.29) is 5.91 Å². The highest BCUT2D eigenvalue weighted by molar-refractivity contribution is 5.76. The van der Waals surface area contributed by atoms with Crippen LogP contribution in [0.4, 0.5) is 0 Å². The van der Waals surface area contributed by atoms with Gasteiger partial charge in [0, 0.05) is 33.1 Å². The summed E-state index contributed by atoms with van der Waals surface area (Å²) in [7, 11) is 0. The summed E-state index contributed by atoms with van der Waals surface area (Å²) in [5, 5.41) is 7.84. The average Bonchev–Trinajstić information content (AvgIpc) is 3.01. The third-order valence-corrected chi connectivity index (χ3v) is 3.98. The largest absolute Gasteiger partial charge is 0.493 e. The van der Waals surface area contributed by atoms with Crippen molar-refractivity contribution in [2.75, 3.05) is 32.8 Å². The molecular weight excluding hydrogens is 308 g/mol. The van der Waals surface area contributed by atoms with Crippen molar-refractivity contribution in [2.45, 2.75) is 19.9 Å². The summed E-state index contributed by atoms with van der Waals surface area (Å²) < 4.78 is 11.0. The lowest BCUT2D eigenvalue weighted by Crippen LogP contribution is -2.48. The zero-order chi connectivity index (χ0) is 16.8. The van der Waals surface area contributed by atoms with Crippen LogP contribution in [0.3, 0.4) is 0 Å². The van der Waals surface area contributed by atoms with Gasteiger partial charge in [-0.05, 0) is 12.1 Å². The Balaban J connectivity index is 1.37. The quantitative estimate of drug-likeness (QED) is 0.799. The first-order valence-corrected chi connectivity index (χ1v) is 8.17. The molecule has 1 aromatic heterocycles. The molecule has 1 aliphatic heterocycles. The van der Waals surface area contributed by atoms with Crippen LogP contribution >= 0.6 is 0 Å². The van der Waals surface area contributed by atoms with E-state index in [1.54, 1.807) is 6.92 Å². The molecule has 0 spiro atoms. The van der Waals surface area contributed by atoms with E-state index in [0.29, 0.717) is 31.4 Å². The van der Waals surface area contributed by atoms with Crippen LogP contribution < -0.4 is 4.74 Å². The van der Waals surface area contributed by atoms with Crippen molar-refractivity contribution in [1.82, 2.24) is 20.0 Å². The number of ether oxygens (including phenoxy) is 1. The summed E-state index contributed by atoms with van der Waals surface area (Å²) in [6, 6.07) is 9.56.